The molecule has 0 heterocycles. The second kappa shape index (κ2) is 9.23. The van der Waals surface area contributed by atoms with Crippen LogP contribution in [0.15, 0.2) is 60.7 Å². The zero-order chi connectivity index (χ0) is 15.6. The number of nitrogens with zero attached hydrogens (tertiary/aromatic N) is 1. The van der Waals surface area contributed by atoms with Crippen molar-refractivity contribution in [2.24, 2.45) is 0 Å². The standard InChI is InChI=1S/C19H25NO2/c1-17(16-22-19-11-7-4-8-12-19)20(13-14-21-2)15-18-9-5-3-6-10-18/h3-12,17H,13-16H2,1-2H3/t17-/m1/s1. The summed E-state index contributed by atoms with van der Waals surface area (Å²) in [4.78, 5) is 2.39. The Kier molecular flexibility index (Phi) is 6.94. The van der Waals surface area contributed by atoms with Gasteiger partial charge in [-0.25, -0.2) is 0 Å². The molecular formula is C19H25NO2. The molecule has 22 heavy (non-hydrogen) atoms. The summed E-state index contributed by atoms with van der Waals surface area (Å²) in [5.74, 6) is 0.917. The molecule has 1 atom stereocenters. The summed E-state index contributed by atoms with van der Waals surface area (Å²) in [5.41, 5.74) is 1.31. The molecular weight excluding hydrogens is 274 g/mol. The molecule has 0 aliphatic heterocycles. The average molecular weight is 299 g/mol. The van der Waals surface area contributed by atoms with Crippen LogP contribution in [0.25, 0.3) is 0 Å². The molecule has 0 N–H and O–H groups in total. The third kappa shape index (κ3) is 5.51. The molecule has 118 valence electrons. The lowest BCUT2D eigenvalue weighted by molar-refractivity contribution is 0.0953. The van der Waals surface area contributed by atoms with Gasteiger partial charge in [0.2, 0.25) is 0 Å². The van der Waals surface area contributed by atoms with Crippen LogP contribution in [0.5, 0.6) is 5.75 Å². The zero-order valence-corrected chi connectivity index (χ0v) is 13.4. The second-order valence-corrected chi connectivity index (χ2v) is 5.42. The van der Waals surface area contributed by atoms with E-state index in [4.69, 9.17) is 9.47 Å². The van der Waals surface area contributed by atoms with E-state index < -0.39 is 0 Å². The van der Waals surface area contributed by atoms with Gasteiger partial charge >= 0.3 is 0 Å². The van der Waals surface area contributed by atoms with E-state index in [0.29, 0.717) is 12.6 Å². The molecule has 0 saturated heterocycles. The monoisotopic (exact) mass is 299 g/mol. The van der Waals surface area contributed by atoms with E-state index in [1.54, 1.807) is 7.11 Å². The van der Waals surface area contributed by atoms with Gasteiger partial charge in [0.1, 0.15) is 12.4 Å². The Bertz CT molecular complexity index is 515. The summed E-state index contributed by atoms with van der Waals surface area (Å²) in [6.07, 6.45) is 0. The number of ether oxygens (including phenoxy) is 2. The van der Waals surface area contributed by atoms with Crippen LogP contribution in [-0.4, -0.2) is 37.8 Å². The van der Waals surface area contributed by atoms with Crippen LogP contribution >= 0.6 is 0 Å². The summed E-state index contributed by atoms with van der Waals surface area (Å²) >= 11 is 0. The summed E-state index contributed by atoms with van der Waals surface area (Å²) in [5, 5.41) is 0. The first-order valence-corrected chi connectivity index (χ1v) is 7.74. The quantitative estimate of drug-likeness (QED) is 0.706. The van der Waals surface area contributed by atoms with Gasteiger partial charge < -0.3 is 9.47 Å². The van der Waals surface area contributed by atoms with Crippen LogP contribution in [-0.2, 0) is 11.3 Å². The van der Waals surface area contributed by atoms with Crippen LogP contribution < -0.4 is 4.74 Å². The lowest BCUT2D eigenvalue weighted by Gasteiger charge is -2.29. The van der Waals surface area contributed by atoms with Gasteiger partial charge in [0.25, 0.3) is 0 Å². The van der Waals surface area contributed by atoms with E-state index >= 15 is 0 Å². The van der Waals surface area contributed by atoms with E-state index in [-0.39, 0.29) is 0 Å². The van der Waals surface area contributed by atoms with Gasteiger partial charge in [-0.3, -0.25) is 4.90 Å². The highest BCUT2D eigenvalue weighted by atomic mass is 16.5. The van der Waals surface area contributed by atoms with Crippen molar-refractivity contribution in [2.75, 3.05) is 26.9 Å². The number of benzene rings is 2. The lowest BCUT2D eigenvalue weighted by Crippen LogP contribution is -2.39. The topological polar surface area (TPSA) is 21.7 Å². The maximum Gasteiger partial charge on any atom is 0.119 e. The molecule has 0 aliphatic rings. The van der Waals surface area contributed by atoms with Gasteiger partial charge in [0.15, 0.2) is 0 Å². The number of hydrogen-bond acceptors (Lipinski definition) is 3. The van der Waals surface area contributed by atoms with E-state index in [1.807, 2.05) is 36.4 Å². The highest BCUT2D eigenvalue weighted by molar-refractivity contribution is 5.21. The molecule has 2 aromatic rings. The smallest absolute Gasteiger partial charge is 0.119 e. The van der Waals surface area contributed by atoms with Gasteiger partial charge in [-0.2, -0.15) is 0 Å². The summed E-state index contributed by atoms with van der Waals surface area (Å²) in [6.45, 7) is 5.39. The van der Waals surface area contributed by atoms with Gasteiger partial charge in [-0.05, 0) is 24.6 Å². The Morgan fingerprint density at radius 3 is 2.23 bits per heavy atom. The van der Waals surface area contributed by atoms with E-state index in [2.05, 4.69) is 36.1 Å². The Labute approximate surface area is 133 Å². The molecule has 0 amide bonds. The Balaban J connectivity index is 1.92. The van der Waals surface area contributed by atoms with Crippen molar-refractivity contribution >= 4 is 0 Å². The third-order valence-electron chi connectivity index (χ3n) is 3.67. The molecule has 0 spiro atoms. The first kappa shape index (κ1) is 16.5. The molecule has 0 aromatic heterocycles. The minimum atomic E-state index is 0.315. The van der Waals surface area contributed by atoms with Crippen molar-refractivity contribution in [3.8, 4) is 5.75 Å². The summed E-state index contributed by atoms with van der Waals surface area (Å²) in [7, 11) is 1.74. The average Bonchev–Trinajstić information content (AvgIpc) is 2.58. The Morgan fingerprint density at radius 2 is 1.59 bits per heavy atom. The van der Waals surface area contributed by atoms with Crippen molar-refractivity contribution in [2.45, 2.75) is 19.5 Å². The van der Waals surface area contributed by atoms with E-state index in [9.17, 15) is 0 Å². The minimum absolute atomic E-state index is 0.315. The van der Waals surface area contributed by atoms with Crippen molar-refractivity contribution in [3.63, 3.8) is 0 Å². The number of methoxy groups -OCH3 is 1. The summed E-state index contributed by atoms with van der Waals surface area (Å²) in [6, 6.07) is 20.8. The molecule has 3 heteroatoms. The molecule has 0 radical (unpaired) electrons. The predicted molar refractivity (Wildman–Crippen MR) is 90.1 cm³/mol. The molecule has 3 nitrogen and oxygen atoms in total. The first-order chi connectivity index (χ1) is 10.8. The number of para-hydroxylation sites is 1. The van der Waals surface area contributed by atoms with Gasteiger partial charge in [0.05, 0.1) is 6.61 Å². The molecule has 0 fully saturated rings. The molecule has 0 aliphatic carbocycles. The Morgan fingerprint density at radius 1 is 0.955 bits per heavy atom. The van der Waals surface area contributed by atoms with Crippen molar-refractivity contribution in [1.82, 2.24) is 4.90 Å². The fourth-order valence-corrected chi connectivity index (χ4v) is 2.32. The van der Waals surface area contributed by atoms with Crippen LogP contribution in [0, 0.1) is 0 Å². The molecule has 0 saturated carbocycles. The van der Waals surface area contributed by atoms with Crippen LogP contribution in [0.3, 0.4) is 0 Å². The lowest BCUT2D eigenvalue weighted by atomic mass is 10.2. The normalized spacial score (nSPS) is 12.3. The highest BCUT2D eigenvalue weighted by Crippen LogP contribution is 2.12. The zero-order valence-electron chi connectivity index (χ0n) is 13.4. The third-order valence-corrected chi connectivity index (χ3v) is 3.67. The second-order valence-electron chi connectivity index (χ2n) is 5.42. The number of hydrogen-bond donors (Lipinski definition) is 0. The van der Waals surface area contributed by atoms with Gasteiger partial charge in [0, 0.05) is 26.2 Å². The fraction of sp³-hybridized carbons (Fsp3) is 0.368. The SMILES string of the molecule is COCCN(Cc1ccccc1)[C@H](C)COc1ccccc1. The van der Waals surface area contributed by atoms with E-state index in [1.165, 1.54) is 5.56 Å². The molecule has 2 rings (SSSR count). The maximum absolute atomic E-state index is 5.88. The van der Waals surface area contributed by atoms with Crippen molar-refractivity contribution in [3.05, 3.63) is 66.2 Å². The molecule has 0 unspecified atom stereocenters. The fourth-order valence-electron chi connectivity index (χ4n) is 2.32. The van der Waals surface area contributed by atoms with Gasteiger partial charge in [-0.1, -0.05) is 48.5 Å². The first-order valence-electron chi connectivity index (χ1n) is 7.74. The maximum atomic E-state index is 5.88. The van der Waals surface area contributed by atoms with Crippen molar-refractivity contribution < 1.29 is 9.47 Å². The summed E-state index contributed by atoms with van der Waals surface area (Å²) < 4.78 is 11.1. The highest BCUT2D eigenvalue weighted by Gasteiger charge is 2.15. The van der Waals surface area contributed by atoms with Crippen molar-refractivity contribution in [1.29, 1.82) is 0 Å². The van der Waals surface area contributed by atoms with Crippen LogP contribution in [0.4, 0.5) is 0 Å². The van der Waals surface area contributed by atoms with Crippen LogP contribution in [0.2, 0.25) is 0 Å². The predicted octanol–water partition coefficient (Wildman–Crippen LogP) is 3.60. The molecule has 0 bridgehead atoms. The minimum Gasteiger partial charge on any atom is -0.492 e. The van der Waals surface area contributed by atoms with E-state index in [0.717, 1.165) is 25.4 Å². The molecule has 2 aromatic carbocycles. The Hall–Kier alpha value is -1.84. The van der Waals surface area contributed by atoms with Gasteiger partial charge in [-0.15, -0.1) is 0 Å². The largest absolute Gasteiger partial charge is 0.492 e. The number of rotatable bonds is 9. The van der Waals surface area contributed by atoms with Crippen LogP contribution in [0.1, 0.15) is 12.5 Å².